The fourth-order valence-electron chi connectivity index (χ4n) is 4.17. The summed E-state index contributed by atoms with van der Waals surface area (Å²) in [5, 5.41) is 10.2. The fourth-order valence-corrected chi connectivity index (χ4v) is 5.92. The largest absolute Gasteiger partial charge is 0.491 e. The number of nitriles is 1. The number of alkyl halides is 3. The van der Waals surface area contributed by atoms with Crippen LogP contribution in [-0.4, -0.2) is 44.2 Å². The second-order valence-corrected chi connectivity index (χ2v) is 11.6. The van der Waals surface area contributed by atoms with Gasteiger partial charge in [-0.2, -0.15) is 22.7 Å². The van der Waals surface area contributed by atoms with Gasteiger partial charge in [-0.15, -0.1) is 0 Å². The number of ether oxygens (including phenoxy) is 3. The van der Waals surface area contributed by atoms with Gasteiger partial charge >= 0.3 is 12.1 Å². The minimum Gasteiger partial charge on any atom is -0.454 e. The average Bonchev–Trinajstić information content (AvgIpc) is 3.35. The van der Waals surface area contributed by atoms with Crippen LogP contribution in [0.2, 0.25) is 0 Å². The van der Waals surface area contributed by atoms with E-state index in [0.29, 0.717) is 12.2 Å². The van der Waals surface area contributed by atoms with Crippen molar-refractivity contribution >= 4 is 21.7 Å². The van der Waals surface area contributed by atoms with Crippen LogP contribution in [0.4, 0.5) is 18.9 Å². The van der Waals surface area contributed by atoms with Crippen LogP contribution in [0.15, 0.2) is 41.3 Å². The van der Waals surface area contributed by atoms with Crippen molar-refractivity contribution in [2.24, 2.45) is 5.41 Å². The summed E-state index contributed by atoms with van der Waals surface area (Å²) in [6.07, 6.45) is -4.60. The number of halogens is 3. The number of nitrogens with zero attached hydrogens (tertiary/aromatic N) is 2. The summed E-state index contributed by atoms with van der Waals surface area (Å²) in [6.45, 7) is 6.64. The van der Waals surface area contributed by atoms with E-state index in [1.807, 2.05) is 6.92 Å². The number of benzene rings is 2. The molecule has 1 aliphatic rings. The first-order chi connectivity index (χ1) is 18.2. The summed E-state index contributed by atoms with van der Waals surface area (Å²) in [5.41, 5.74) is 4.96. The van der Waals surface area contributed by atoms with Gasteiger partial charge in [0.25, 0.3) is 0 Å². The predicted molar refractivity (Wildman–Crippen MR) is 136 cm³/mol. The molecule has 9 nitrogen and oxygen atoms in total. The lowest BCUT2D eigenvalue weighted by Gasteiger charge is -2.38. The van der Waals surface area contributed by atoms with E-state index in [1.165, 1.54) is 36.4 Å². The minimum absolute atomic E-state index is 0.0704. The Hall–Kier alpha value is -3.50. The van der Waals surface area contributed by atoms with Gasteiger partial charge < -0.3 is 19.9 Å². The maximum Gasteiger partial charge on any atom is 0.491 e. The highest BCUT2D eigenvalue weighted by Gasteiger charge is 2.44. The molecular weight excluding hydrogens is 539 g/mol. The molecule has 0 spiro atoms. The molecule has 0 amide bonds. The van der Waals surface area contributed by atoms with E-state index in [-0.39, 0.29) is 41.7 Å². The molecule has 0 radical (unpaired) electrons. The number of esters is 1. The van der Waals surface area contributed by atoms with Crippen molar-refractivity contribution in [3.63, 3.8) is 0 Å². The van der Waals surface area contributed by atoms with E-state index in [0.717, 1.165) is 4.31 Å². The lowest BCUT2D eigenvalue weighted by molar-refractivity contribution is -0.189. The molecular formula is C26H30F3N3O6S. The molecule has 1 unspecified atom stereocenters. The maximum atomic E-state index is 14.1. The van der Waals surface area contributed by atoms with Crippen molar-refractivity contribution in [3.05, 3.63) is 42.0 Å². The summed E-state index contributed by atoms with van der Waals surface area (Å²) >= 11 is 0. The van der Waals surface area contributed by atoms with Crippen LogP contribution in [0, 0.1) is 16.7 Å². The Morgan fingerprint density at radius 3 is 2.44 bits per heavy atom. The number of para-hydroxylation sites is 1. The third-order valence-corrected chi connectivity index (χ3v) is 8.67. The first-order valence-electron chi connectivity index (χ1n) is 12.2. The number of nitrogen functional groups attached to an aromatic ring is 1. The molecule has 2 atom stereocenters. The van der Waals surface area contributed by atoms with Crippen molar-refractivity contribution in [1.82, 2.24) is 4.31 Å². The van der Waals surface area contributed by atoms with Crippen LogP contribution in [0.1, 0.15) is 52.0 Å². The van der Waals surface area contributed by atoms with Crippen molar-refractivity contribution in [2.75, 3.05) is 19.1 Å². The van der Waals surface area contributed by atoms with Gasteiger partial charge in [0.1, 0.15) is 6.04 Å². The lowest BCUT2D eigenvalue weighted by Crippen LogP contribution is -2.49. The smallest absolute Gasteiger partial charge is 0.454 e. The summed E-state index contributed by atoms with van der Waals surface area (Å²) < 4.78 is 83.4. The Labute approximate surface area is 225 Å². The molecule has 1 aliphatic heterocycles. The molecule has 0 fully saturated rings. The SMILES string of the molecule is CC[C@@H](CN(C(C#N)C(C)(C)CC)S(=O)(=O)c1ccc2c(c1)OCO2)c1cccc(N)c1OC(=O)C(F)(F)F. The van der Waals surface area contributed by atoms with Gasteiger partial charge in [-0.25, -0.2) is 13.2 Å². The van der Waals surface area contributed by atoms with Gasteiger partial charge in [-0.3, -0.25) is 0 Å². The van der Waals surface area contributed by atoms with Gasteiger partial charge in [0.15, 0.2) is 17.2 Å². The Morgan fingerprint density at radius 2 is 1.85 bits per heavy atom. The Morgan fingerprint density at radius 1 is 1.18 bits per heavy atom. The van der Waals surface area contributed by atoms with Gasteiger partial charge in [-0.1, -0.05) is 39.8 Å². The molecule has 0 saturated heterocycles. The highest BCUT2D eigenvalue weighted by atomic mass is 32.2. The van der Waals surface area contributed by atoms with E-state index in [1.54, 1.807) is 20.8 Å². The summed E-state index contributed by atoms with van der Waals surface area (Å²) in [4.78, 5) is 11.5. The minimum atomic E-state index is -5.27. The molecule has 2 aromatic rings. The fraction of sp³-hybridized carbons (Fsp3) is 0.462. The molecule has 212 valence electrons. The highest BCUT2D eigenvalue weighted by molar-refractivity contribution is 7.89. The average molecular weight is 570 g/mol. The topological polar surface area (TPSA) is 132 Å². The molecule has 13 heteroatoms. The normalized spacial score (nSPS) is 15.1. The van der Waals surface area contributed by atoms with Crippen molar-refractivity contribution in [3.8, 4) is 23.3 Å². The Balaban J connectivity index is 2.13. The van der Waals surface area contributed by atoms with Gasteiger partial charge in [0, 0.05) is 24.1 Å². The number of sulfonamides is 1. The van der Waals surface area contributed by atoms with E-state index < -0.39 is 45.3 Å². The van der Waals surface area contributed by atoms with Crippen molar-refractivity contribution in [1.29, 1.82) is 5.26 Å². The number of rotatable bonds is 10. The van der Waals surface area contributed by atoms with Gasteiger partial charge in [0.05, 0.1) is 16.7 Å². The number of carbonyl (C=O) groups excluding carboxylic acids is 1. The molecule has 1 heterocycles. The zero-order valence-electron chi connectivity index (χ0n) is 21.9. The molecule has 0 aromatic heterocycles. The van der Waals surface area contributed by atoms with Crippen LogP contribution in [0.25, 0.3) is 0 Å². The number of nitrogens with two attached hydrogens (primary N) is 1. The van der Waals surface area contributed by atoms with E-state index in [9.17, 15) is 31.6 Å². The number of fused-ring (bicyclic) bond motifs is 1. The van der Waals surface area contributed by atoms with Crippen LogP contribution >= 0.6 is 0 Å². The predicted octanol–water partition coefficient (Wildman–Crippen LogP) is 4.98. The zero-order valence-corrected chi connectivity index (χ0v) is 22.7. The molecule has 0 saturated carbocycles. The third-order valence-electron chi connectivity index (χ3n) is 6.85. The Bertz CT molecular complexity index is 1370. The first kappa shape index (κ1) is 30.0. The summed E-state index contributed by atoms with van der Waals surface area (Å²) in [5.74, 6) is -3.16. The lowest BCUT2D eigenvalue weighted by atomic mass is 9.82. The van der Waals surface area contributed by atoms with Gasteiger partial charge in [-0.05, 0) is 36.5 Å². The van der Waals surface area contributed by atoms with Crippen LogP contribution < -0.4 is 19.9 Å². The molecule has 0 bridgehead atoms. The summed E-state index contributed by atoms with van der Waals surface area (Å²) in [6, 6.07) is 9.19. The second-order valence-electron chi connectivity index (χ2n) is 9.72. The molecule has 2 aromatic carbocycles. The monoisotopic (exact) mass is 569 g/mol. The Kier molecular flexibility index (Phi) is 8.72. The first-order valence-corrected chi connectivity index (χ1v) is 13.6. The standard InChI is InChI=1S/C26H30F3N3O6S/c1-5-16(18-8-7-9-19(31)23(18)38-24(33)26(27,28)29)14-32(22(13-30)25(3,4)6-2)39(34,35)17-10-11-20-21(12-17)37-15-36-20/h7-12,16,22H,5-6,14-15,31H2,1-4H3/t16-,22?/m0/s1. The van der Waals surface area contributed by atoms with Crippen LogP contribution in [0.5, 0.6) is 17.2 Å². The number of anilines is 1. The van der Waals surface area contributed by atoms with E-state index in [2.05, 4.69) is 10.8 Å². The summed E-state index contributed by atoms with van der Waals surface area (Å²) in [7, 11) is -4.35. The van der Waals surface area contributed by atoms with E-state index >= 15 is 0 Å². The quantitative estimate of drug-likeness (QED) is 0.241. The molecule has 3 rings (SSSR count). The van der Waals surface area contributed by atoms with E-state index in [4.69, 9.17) is 15.2 Å². The maximum absolute atomic E-state index is 14.1. The molecule has 2 N–H and O–H groups in total. The van der Waals surface area contributed by atoms with Crippen LogP contribution in [0.3, 0.4) is 0 Å². The zero-order chi connectivity index (χ0) is 29.2. The second kappa shape index (κ2) is 11.3. The number of hydrogen-bond acceptors (Lipinski definition) is 8. The highest BCUT2D eigenvalue weighted by Crippen LogP contribution is 2.41. The molecule has 39 heavy (non-hydrogen) atoms. The molecule has 0 aliphatic carbocycles. The number of carbonyl (C=O) groups is 1. The third kappa shape index (κ3) is 6.23. The number of hydrogen-bond donors (Lipinski definition) is 1. The van der Waals surface area contributed by atoms with Crippen LogP contribution in [-0.2, 0) is 14.8 Å². The van der Waals surface area contributed by atoms with Gasteiger partial charge in [0.2, 0.25) is 16.8 Å². The van der Waals surface area contributed by atoms with Crippen molar-refractivity contribution < 1.29 is 40.6 Å². The van der Waals surface area contributed by atoms with Crippen molar-refractivity contribution in [2.45, 2.75) is 63.6 Å².